The molecule has 1 fully saturated rings. The van der Waals surface area contributed by atoms with Gasteiger partial charge in [0, 0.05) is 52.8 Å². The van der Waals surface area contributed by atoms with Crippen LogP contribution in [0.2, 0.25) is 45.8 Å². The highest BCUT2D eigenvalue weighted by Gasteiger charge is 2.45. The van der Waals surface area contributed by atoms with Crippen molar-refractivity contribution in [1.82, 2.24) is 0 Å². The first kappa shape index (κ1) is 45.3. The molecule has 1 atom stereocenters. The van der Waals surface area contributed by atoms with Gasteiger partial charge < -0.3 is 36.9 Å². The van der Waals surface area contributed by atoms with Crippen molar-refractivity contribution in [3.8, 4) is 33.8 Å². The Balaban J connectivity index is 1.10. The van der Waals surface area contributed by atoms with Crippen molar-refractivity contribution in [2.24, 2.45) is 0 Å². The Kier molecular flexibility index (Phi) is 12.2. The van der Waals surface area contributed by atoms with Gasteiger partial charge in [-0.3, -0.25) is 0 Å². The highest BCUT2D eigenvalue weighted by Crippen LogP contribution is 2.58. The number of benzene rings is 6. The summed E-state index contributed by atoms with van der Waals surface area (Å²) in [6, 6.07) is 40.9. The van der Waals surface area contributed by atoms with E-state index in [4.69, 9.17) is 26.9 Å². The summed E-state index contributed by atoms with van der Waals surface area (Å²) in [5.74, 6) is 1.57. The minimum atomic E-state index is -2.86. The molecule has 0 radical (unpaired) electrons. The van der Waals surface area contributed by atoms with Crippen LogP contribution >= 0.6 is 0 Å². The van der Waals surface area contributed by atoms with E-state index in [1.54, 1.807) is 0 Å². The molecule has 2 heterocycles. The van der Waals surface area contributed by atoms with Gasteiger partial charge in [0.2, 0.25) is 0 Å². The van der Waals surface area contributed by atoms with E-state index in [1.165, 1.54) is 33.4 Å². The lowest BCUT2D eigenvalue weighted by Crippen LogP contribution is -2.55. The summed E-state index contributed by atoms with van der Waals surface area (Å²) < 4.78 is 39.1. The van der Waals surface area contributed by atoms with Crippen LogP contribution in [0.1, 0.15) is 47.2 Å². The zero-order valence-corrected chi connectivity index (χ0v) is 42.4. The molecule has 0 spiro atoms. The number of morpholine rings is 1. The quantitative estimate of drug-likeness (QED) is 0.0855. The molecule has 11 heteroatoms. The summed E-state index contributed by atoms with van der Waals surface area (Å²) in [6.45, 7) is 23.6. The second kappa shape index (κ2) is 17.4. The number of hydrogen-bond acceptors (Lipinski definition) is 8. The summed E-state index contributed by atoms with van der Waals surface area (Å²) in [7, 11) is -6.68. The molecule has 0 aromatic heterocycles. The SMILES string of the molecule is CC1(C)c2cc(-c3ccccc3)ccc2-c2c1c1c(c3ccc(CO)cc23)OC(c2ccc(OCCO[Si](C)(O[Si](C)(C)C)O[Si](C)(C)C)cc2)(c2ccc(N3CCOCC3)cc2)C=C1. The van der Waals surface area contributed by atoms with E-state index in [9.17, 15) is 5.11 Å². The standard InChI is InChI=1S/C54H63NO7Si3/c1-53(2)49-36-40(39-13-11-10-12-14-39)16-26-46(49)50-48-35-38(37-56)15-25-45(48)52-47(51(50)53)27-28-54(60-52,41-17-21-43(22-18-41)55-29-31-57-32-30-55)42-19-23-44(24-20-42)58-33-34-59-65(9,61-63(3,4)5)62-64(6,7)8/h10-28,35-36,56H,29-34,37H2,1-9H3. The van der Waals surface area contributed by atoms with Crippen LogP contribution in [0.5, 0.6) is 11.5 Å². The molecule has 1 aliphatic carbocycles. The first-order chi connectivity index (χ1) is 31.0. The van der Waals surface area contributed by atoms with Crippen LogP contribution in [0.4, 0.5) is 5.69 Å². The molecular formula is C54H63NO7Si3. The van der Waals surface area contributed by atoms with Crippen molar-refractivity contribution in [2.75, 3.05) is 44.4 Å². The highest BCUT2D eigenvalue weighted by atomic mass is 28.5. The maximum absolute atomic E-state index is 10.5. The van der Waals surface area contributed by atoms with Gasteiger partial charge in [0.1, 0.15) is 18.1 Å². The Hall–Kier alpha value is -4.83. The van der Waals surface area contributed by atoms with E-state index in [2.05, 4.69) is 167 Å². The lowest BCUT2D eigenvalue weighted by molar-refractivity contribution is 0.122. The molecule has 1 saturated heterocycles. The fourth-order valence-corrected chi connectivity index (χ4v) is 20.4. The Morgan fingerprint density at radius 1 is 0.692 bits per heavy atom. The highest BCUT2D eigenvalue weighted by molar-refractivity contribution is 6.85. The van der Waals surface area contributed by atoms with Gasteiger partial charge in [-0.15, -0.1) is 0 Å². The van der Waals surface area contributed by atoms with E-state index in [0.717, 1.165) is 76.5 Å². The van der Waals surface area contributed by atoms with E-state index >= 15 is 0 Å². The molecule has 3 aliphatic rings. The van der Waals surface area contributed by atoms with Gasteiger partial charge in [0.15, 0.2) is 22.2 Å². The van der Waals surface area contributed by atoms with Crippen molar-refractivity contribution < 1.29 is 32.0 Å². The number of fused-ring (bicyclic) bond motifs is 8. The van der Waals surface area contributed by atoms with Crippen molar-refractivity contribution in [2.45, 2.75) is 77.3 Å². The number of hydrogen-bond donors (Lipinski definition) is 1. The summed E-state index contributed by atoms with van der Waals surface area (Å²) in [5.41, 5.74) is 11.1. The number of rotatable bonds is 14. The Bertz CT molecular complexity index is 2700. The third-order valence-electron chi connectivity index (χ3n) is 12.6. The lowest BCUT2D eigenvalue weighted by Gasteiger charge is -2.39. The third kappa shape index (κ3) is 9.05. The normalized spacial score (nSPS) is 18.0. The molecule has 338 valence electrons. The van der Waals surface area contributed by atoms with Crippen LogP contribution in [0.25, 0.3) is 39.1 Å². The molecular weight excluding hydrogens is 859 g/mol. The average molecular weight is 922 g/mol. The van der Waals surface area contributed by atoms with Crippen molar-refractivity contribution in [1.29, 1.82) is 0 Å². The van der Waals surface area contributed by atoms with Crippen molar-refractivity contribution in [3.05, 3.63) is 155 Å². The van der Waals surface area contributed by atoms with Crippen LogP contribution in [0, 0.1) is 0 Å². The average Bonchev–Trinajstić information content (AvgIpc) is 3.53. The maximum atomic E-state index is 10.5. The first-order valence-electron chi connectivity index (χ1n) is 23.0. The van der Waals surface area contributed by atoms with Crippen LogP contribution in [-0.4, -0.2) is 70.1 Å². The number of ether oxygens (including phenoxy) is 3. The van der Waals surface area contributed by atoms with Gasteiger partial charge in [0.05, 0.1) is 26.4 Å². The van der Waals surface area contributed by atoms with Gasteiger partial charge in [-0.2, -0.15) is 0 Å². The molecule has 1 N–H and O–H groups in total. The second-order valence-electron chi connectivity index (χ2n) is 20.1. The zero-order valence-electron chi connectivity index (χ0n) is 39.4. The van der Waals surface area contributed by atoms with Crippen molar-refractivity contribution >= 4 is 48.0 Å². The number of anilines is 1. The van der Waals surface area contributed by atoms with E-state index in [0.29, 0.717) is 13.2 Å². The summed E-state index contributed by atoms with van der Waals surface area (Å²) in [5, 5.41) is 12.6. The molecule has 0 saturated carbocycles. The van der Waals surface area contributed by atoms with Gasteiger partial charge in [-0.1, -0.05) is 98.8 Å². The molecule has 6 aromatic rings. The molecule has 2 aliphatic heterocycles. The largest absolute Gasteiger partial charge is 0.491 e. The minimum Gasteiger partial charge on any atom is -0.491 e. The van der Waals surface area contributed by atoms with E-state index < -0.39 is 31.0 Å². The van der Waals surface area contributed by atoms with Gasteiger partial charge in [-0.25, -0.2) is 0 Å². The third-order valence-corrected chi connectivity index (χ3v) is 21.2. The second-order valence-corrected chi connectivity index (χ2v) is 32.2. The molecule has 6 aromatic carbocycles. The zero-order chi connectivity index (χ0) is 45.8. The summed E-state index contributed by atoms with van der Waals surface area (Å²) in [6.07, 6.45) is 4.54. The lowest BCUT2D eigenvalue weighted by atomic mass is 9.76. The van der Waals surface area contributed by atoms with E-state index in [-0.39, 0.29) is 12.0 Å². The predicted octanol–water partition coefficient (Wildman–Crippen LogP) is 12.2. The number of aliphatic hydroxyl groups is 1. The number of aliphatic hydroxyl groups excluding tert-OH is 1. The minimum absolute atomic E-state index is 0.0501. The predicted molar refractivity (Wildman–Crippen MR) is 271 cm³/mol. The molecule has 0 amide bonds. The van der Waals surface area contributed by atoms with Gasteiger partial charge in [-0.05, 0) is 126 Å². The smallest absolute Gasteiger partial charge is 0.476 e. The maximum Gasteiger partial charge on any atom is 0.476 e. The van der Waals surface area contributed by atoms with Crippen LogP contribution in [0.3, 0.4) is 0 Å². The molecule has 1 unspecified atom stereocenters. The van der Waals surface area contributed by atoms with Gasteiger partial charge >= 0.3 is 8.80 Å². The molecule has 8 nitrogen and oxygen atoms in total. The number of nitrogens with zero attached hydrogens (tertiary/aromatic N) is 1. The Morgan fingerprint density at radius 2 is 1.35 bits per heavy atom. The Labute approximate surface area is 388 Å². The van der Waals surface area contributed by atoms with Crippen LogP contribution in [-0.2, 0) is 35.0 Å². The van der Waals surface area contributed by atoms with E-state index in [1.807, 2.05) is 24.7 Å². The molecule has 0 bridgehead atoms. The monoisotopic (exact) mass is 921 g/mol. The first-order valence-corrected chi connectivity index (χ1v) is 32.0. The summed E-state index contributed by atoms with van der Waals surface area (Å²) in [4.78, 5) is 2.38. The Morgan fingerprint density at radius 3 is 2.00 bits per heavy atom. The molecule has 9 rings (SSSR count). The summed E-state index contributed by atoms with van der Waals surface area (Å²) >= 11 is 0. The molecule has 65 heavy (non-hydrogen) atoms. The van der Waals surface area contributed by atoms with Crippen LogP contribution in [0.15, 0.2) is 121 Å². The fourth-order valence-electron chi connectivity index (χ4n) is 10.0. The van der Waals surface area contributed by atoms with Gasteiger partial charge in [0.25, 0.3) is 0 Å². The van der Waals surface area contributed by atoms with Crippen molar-refractivity contribution in [3.63, 3.8) is 0 Å². The van der Waals surface area contributed by atoms with Crippen LogP contribution < -0.4 is 14.4 Å². The topological polar surface area (TPSA) is 78.9 Å². The fraction of sp³-hybridized carbons (Fsp3) is 0.333.